The predicted molar refractivity (Wildman–Crippen MR) is 95.1 cm³/mol. The van der Waals surface area contributed by atoms with E-state index in [1.807, 2.05) is 0 Å². The molecule has 0 aliphatic carbocycles. The zero-order chi connectivity index (χ0) is 19.3. The minimum atomic E-state index is -4.27. The van der Waals surface area contributed by atoms with Crippen molar-refractivity contribution in [1.82, 2.24) is 0 Å². The number of carboxylic acid groups (broad SMARTS) is 1. The second-order valence-corrected chi connectivity index (χ2v) is 7.02. The number of aromatic carboxylic acids is 1. The summed E-state index contributed by atoms with van der Waals surface area (Å²) in [5, 5.41) is 17.3. The van der Waals surface area contributed by atoms with E-state index < -0.39 is 20.9 Å². The van der Waals surface area contributed by atoms with Crippen molar-refractivity contribution in [3.63, 3.8) is 0 Å². The maximum absolute atomic E-state index is 12.0. The molecule has 0 radical (unpaired) electrons. The van der Waals surface area contributed by atoms with E-state index in [1.165, 1.54) is 13.0 Å². The standard InChI is InChI=1S/C17H18N2O6S/c1-11(20)7-8-19-14-9-12(17(21)22)10-15(26(18,23)24)16(14)25-13-5-3-2-4-6-13/h2-6,9-10,19H,7-8H2,1H3,(H,21,22)(H2,18,23,24). The lowest BCUT2D eigenvalue weighted by Crippen LogP contribution is -2.16. The SMILES string of the molecule is CC(=O)CCNc1cc(C(=O)O)cc(S(N)(=O)=O)c1Oc1ccccc1. The van der Waals surface area contributed by atoms with Crippen LogP contribution in [-0.4, -0.2) is 31.8 Å². The third-order valence-corrected chi connectivity index (χ3v) is 4.28. The van der Waals surface area contributed by atoms with Crippen molar-refractivity contribution in [2.24, 2.45) is 5.14 Å². The molecular formula is C17H18N2O6S. The van der Waals surface area contributed by atoms with E-state index in [2.05, 4.69) is 5.32 Å². The van der Waals surface area contributed by atoms with Gasteiger partial charge in [0, 0.05) is 13.0 Å². The van der Waals surface area contributed by atoms with Gasteiger partial charge in [0.2, 0.25) is 10.0 Å². The first-order chi connectivity index (χ1) is 12.2. The summed E-state index contributed by atoms with van der Waals surface area (Å²) < 4.78 is 29.6. The molecule has 138 valence electrons. The van der Waals surface area contributed by atoms with Crippen molar-refractivity contribution in [3.05, 3.63) is 48.0 Å². The molecule has 0 aliphatic heterocycles. The van der Waals surface area contributed by atoms with E-state index >= 15 is 0 Å². The van der Waals surface area contributed by atoms with E-state index in [9.17, 15) is 23.1 Å². The van der Waals surface area contributed by atoms with Gasteiger partial charge in [-0.05, 0) is 31.2 Å². The highest BCUT2D eigenvalue weighted by Gasteiger charge is 2.23. The molecule has 0 saturated carbocycles. The number of benzene rings is 2. The number of rotatable bonds is 8. The molecule has 0 aliphatic rings. The van der Waals surface area contributed by atoms with Crippen LogP contribution in [0.3, 0.4) is 0 Å². The maximum atomic E-state index is 12.0. The fourth-order valence-corrected chi connectivity index (χ4v) is 2.85. The predicted octanol–water partition coefficient (Wildman–Crippen LogP) is 2.22. The number of anilines is 1. The number of ketones is 1. The first-order valence-corrected chi connectivity index (χ1v) is 9.13. The fourth-order valence-electron chi connectivity index (χ4n) is 2.15. The Labute approximate surface area is 150 Å². The number of carboxylic acids is 1. The van der Waals surface area contributed by atoms with Gasteiger partial charge < -0.3 is 15.2 Å². The molecule has 26 heavy (non-hydrogen) atoms. The van der Waals surface area contributed by atoms with Crippen LogP contribution < -0.4 is 15.2 Å². The number of sulfonamides is 1. The van der Waals surface area contributed by atoms with Crippen molar-refractivity contribution < 1.29 is 27.9 Å². The molecule has 0 heterocycles. The van der Waals surface area contributed by atoms with Gasteiger partial charge in [-0.25, -0.2) is 18.4 Å². The van der Waals surface area contributed by atoms with E-state index in [4.69, 9.17) is 9.88 Å². The fraction of sp³-hybridized carbons (Fsp3) is 0.176. The van der Waals surface area contributed by atoms with Crippen LogP contribution >= 0.6 is 0 Å². The van der Waals surface area contributed by atoms with Crippen LogP contribution in [-0.2, 0) is 14.8 Å². The number of hydrogen-bond donors (Lipinski definition) is 3. The number of primary sulfonamides is 1. The molecule has 0 unspecified atom stereocenters. The van der Waals surface area contributed by atoms with Gasteiger partial charge in [0.25, 0.3) is 0 Å². The van der Waals surface area contributed by atoms with Crippen molar-refractivity contribution in [3.8, 4) is 11.5 Å². The average Bonchev–Trinajstić information content (AvgIpc) is 2.55. The van der Waals surface area contributed by atoms with Crippen molar-refractivity contribution in [1.29, 1.82) is 0 Å². The molecular weight excluding hydrogens is 360 g/mol. The molecule has 8 nitrogen and oxygen atoms in total. The first-order valence-electron chi connectivity index (χ1n) is 7.59. The van der Waals surface area contributed by atoms with Crippen molar-refractivity contribution in [2.45, 2.75) is 18.2 Å². The van der Waals surface area contributed by atoms with Gasteiger partial charge in [-0.15, -0.1) is 0 Å². The van der Waals surface area contributed by atoms with Gasteiger partial charge in [-0.1, -0.05) is 18.2 Å². The van der Waals surface area contributed by atoms with E-state index in [0.29, 0.717) is 5.75 Å². The Hall–Kier alpha value is -2.91. The molecule has 4 N–H and O–H groups in total. The summed E-state index contributed by atoms with van der Waals surface area (Å²) in [6.45, 7) is 1.58. The summed E-state index contributed by atoms with van der Waals surface area (Å²) in [6, 6.07) is 10.5. The zero-order valence-electron chi connectivity index (χ0n) is 13.9. The number of hydrogen-bond acceptors (Lipinski definition) is 6. The van der Waals surface area contributed by atoms with E-state index in [0.717, 1.165) is 6.07 Å². The molecule has 0 fully saturated rings. The van der Waals surface area contributed by atoms with Crippen LogP contribution in [0.2, 0.25) is 0 Å². The maximum Gasteiger partial charge on any atom is 0.335 e. The molecule has 0 saturated heterocycles. The molecule has 0 atom stereocenters. The summed E-state index contributed by atoms with van der Waals surface area (Å²) in [4.78, 5) is 22.0. The Morgan fingerprint density at radius 3 is 2.38 bits per heavy atom. The summed E-state index contributed by atoms with van der Waals surface area (Å²) in [5.41, 5.74) is -0.168. The lowest BCUT2D eigenvalue weighted by Gasteiger charge is -2.17. The Kier molecular flexibility index (Phi) is 5.96. The lowest BCUT2D eigenvalue weighted by molar-refractivity contribution is -0.116. The molecule has 9 heteroatoms. The minimum Gasteiger partial charge on any atom is -0.478 e. The zero-order valence-corrected chi connectivity index (χ0v) is 14.7. The lowest BCUT2D eigenvalue weighted by atomic mass is 10.1. The monoisotopic (exact) mass is 378 g/mol. The first kappa shape index (κ1) is 19.4. The second-order valence-electron chi connectivity index (χ2n) is 5.50. The van der Waals surface area contributed by atoms with Gasteiger partial charge in [0.15, 0.2) is 5.75 Å². The quantitative estimate of drug-likeness (QED) is 0.640. The summed E-state index contributed by atoms with van der Waals surface area (Å²) in [7, 11) is -4.27. The average molecular weight is 378 g/mol. The van der Waals surface area contributed by atoms with Gasteiger partial charge in [-0.2, -0.15) is 0 Å². The smallest absolute Gasteiger partial charge is 0.335 e. The topological polar surface area (TPSA) is 136 Å². The summed E-state index contributed by atoms with van der Waals surface area (Å²) in [5.74, 6) is -1.19. The number of Topliss-reactive ketones (excluding diaryl/α,β-unsaturated/α-hetero) is 1. The molecule has 0 amide bonds. The number of carbonyl (C=O) groups excluding carboxylic acids is 1. The summed E-state index contributed by atoms with van der Waals surface area (Å²) in [6.07, 6.45) is 0.173. The highest BCUT2D eigenvalue weighted by Crippen LogP contribution is 2.37. The van der Waals surface area contributed by atoms with Crippen molar-refractivity contribution in [2.75, 3.05) is 11.9 Å². The number of nitrogens with two attached hydrogens (primary N) is 1. The van der Waals surface area contributed by atoms with Crippen LogP contribution in [0.25, 0.3) is 0 Å². The van der Waals surface area contributed by atoms with Crippen molar-refractivity contribution >= 4 is 27.5 Å². The number of para-hydroxylation sites is 1. The molecule has 0 aromatic heterocycles. The van der Waals surface area contributed by atoms with Crippen LogP contribution in [0.5, 0.6) is 11.5 Å². The van der Waals surface area contributed by atoms with Crippen LogP contribution in [0.4, 0.5) is 5.69 Å². The normalized spacial score (nSPS) is 11.0. The molecule has 0 spiro atoms. The molecule has 2 aromatic carbocycles. The van der Waals surface area contributed by atoms with Gasteiger partial charge in [0.05, 0.1) is 11.3 Å². The number of carbonyl (C=O) groups is 2. The Balaban J connectivity index is 2.58. The van der Waals surface area contributed by atoms with Gasteiger partial charge >= 0.3 is 5.97 Å². The Morgan fingerprint density at radius 2 is 1.85 bits per heavy atom. The number of ether oxygens (including phenoxy) is 1. The minimum absolute atomic E-state index is 0.0795. The van der Waals surface area contributed by atoms with Gasteiger partial charge in [-0.3, -0.25) is 4.79 Å². The van der Waals surface area contributed by atoms with Crippen LogP contribution in [0, 0.1) is 0 Å². The number of nitrogens with one attached hydrogen (secondary N) is 1. The van der Waals surface area contributed by atoms with Crippen LogP contribution in [0.1, 0.15) is 23.7 Å². The molecule has 0 bridgehead atoms. The van der Waals surface area contributed by atoms with Crippen LogP contribution in [0.15, 0.2) is 47.4 Å². The third kappa shape index (κ3) is 5.04. The summed E-state index contributed by atoms with van der Waals surface area (Å²) >= 11 is 0. The third-order valence-electron chi connectivity index (χ3n) is 3.36. The van der Waals surface area contributed by atoms with E-state index in [1.54, 1.807) is 30.3 Å². The highest BCUT2D eigenvalue weighted by molar-refractivity contribution is 7.89. The highest BCUT2D eigenvalue weighted by atomic mass is 32.2. The van der Waals surface area contributed by atoms with E-state index in [-0.39, 0.29) is 35.7 Å². The van der Waals surface area contributed by atoms with Gasteiger partial charge in [0.1, 0.15) is 16.4 Å². The Bertz CT molecular complexity index is 926. The largest absolute Gasteiger partial charge is 0.478 e. The Morgan fingerprint density at radius 1 is 1.19 bits per heavy atom. The second kappa shape index (κ2) is 7.98. The molecule has 2 rings (SSSR count). The molecule has 2 aromatic rings.